The fourth-order valence-electron chi connectivity index (χ4n) is 2.45. The van der Waals surface area contributed by atoms with Gasteiger partial charge in [0.2, 0.25) is 0 Å². The Kier molecular flexibility index (Phi) is 5.09. The van der Waals surface area contributed by atoms with Crippen LogP contribution in [0, 0.1) is 0 Å². The molecule has 21 heavy (non-hydrogen) atoms. The van der Waals surface area contributed by atoms with Crippen molar-refractivity contribution in [3.8, 4) is 0 Å². The van der Waals surface area contributed by atoms with E-state index in [4.69, 9.17) is 4.98 Å². The normalized spacial score (nSPS) is 14.6. The zero-order valence-electron chi connectivity index (χ0n) is 12.4. The first-order valence-corrected chi connectivity index (χ1v) is 9.31. The number of halogens is 1. The Bertz CT molecular complexity index is 587. The second-order valence-electron chi connectivity index (χ2n) is 5.67. The van der Waals surface area contributed by atoms with Gasteiger partial charge in [-0.1, -0.05) is 35.0 Å². The largest absolute Gasteiger partial charge is 0.312 e. The monoisotopic (exact) mass is 364 g/mol. The van der Waals surface area contributed by atoms with Crippen LogP contribution in [0.15, 0.2) is 28.7 Å². The number of rotatable bonds is 7. The van der Waals surface area contributed by atoms with Crippen LogP contribution in [0.4, 0.5) is 0 Å². The van der Waals surface area contributed by atoms with Crippen molar-refractivity contribution in [3.05, 3.63) is 49.9 Å². The molecule has 0 amide bonds. The van der Waals surface area contributed by atoms with Crippen molar-refractivity contribution in [2.45, 2.75) is 45.1 Å². The number of aromatic nitrogens is 1. The Labute approximate surface area is 139 Å². The molecule has 0 unspecified atom stereocenters. The Balaban J connectivity index is 1.72. The molecule has 1 N–H and O–H groups in total. The molecule has 0 radical (unpaired) electrons. The molecule has 1 aliphatic carbocycles. The third-order valence-electron chi connectivity index (χ3n) is 3.72. The van der Waals surface area contributed by atoms with Gasteiger partial charge >= 0.3 is 0 Å². The molecule has 2 aromatic rings. The molecule has 112 valence electrons. The van der Waals surface area contributed by atoms with Crippen molar-refractivity contribution in [3.63, 3.8) is 0 Å². The summed E-state index contributed by atoms with van der Waals surface area (Å²) in [5.74, 6) is 0.735. The third-order valence-corrected chi connectivity index (χ3v) is 5.32. The van der Waals surface area contributed by atoms with Crippen LogP contribution in [0.2, 0.25) is 0 Å². The first kappa shape index (κ1) is 15.2. The molecule has 1 heterocycles. The molecule has 1 saturated carbocycles. The summed E-state index contributed by atoms with van der Waals surface area (Å²) >= 11 is 5.38. The van der Waals surface area contributed by atoms with Gasteiger partial charge in [0, 0.05) is 28.2 Å². The number of thiazole rings is 1. The fraction of sp³-hybridized carbons (Fsp3) is 0.471. The van der Waals surface area contributed by atoms with Crippen LogP contribution in [0.25, 0.3) is 0 Å². The fourth-order valence-corrected chi connectivity index (χ4v) is 3.87. The zero-order chi connectivity index (χ0) is 14.7. The van der Waals surface area contributed by atoms with E-state index < -0.39 is 0 Å². The summed E-state index contributed by atoms with van der Waals surface area (Å²) in [5.41, 5.74) is 2.71. The van der Waals surface area contributed by atoms with Crippen molar-refractivity contribution in [1.29, 1.82) is 0 Å². The maximum atomic E-state index is 4.94. The zero-order valence-corrected chi connectivity index (χ0v) is 14.8. The SMILES string of the molecule is CCCNCc1sc(Cc2ccc(Br)cc2)nc1C1CC1. The van der Waals surface area contributed by atoms with Crippen LogP contribution in [0.1, 0.15) is 53.2 Å². The van der Waals surface area contributed by atoms with Crippen LogP contribution in [-0.4, -0.2) is 11.5 Å². The molecule has 0 aliphatic heterocycles. The highest BCUT2D eigenvalue weighted by Gasteiger charge is 2.29. The van der Waals surface area contributed by atoms with E-state index in [0.717, 1.165) is 29.9 Å². The van der Waals surface area contributed by atoms with Crippen LogP contribution < -0.4 is 5.32 Å². The molecule has 0 spiro atoms. The van der Waals surface area contributed by atoms with Gasteiger partial charge in [-0.3, -0.25) is 0 Å². The quantitative estimate of drug-likeness (QED) is 0.708. The minimum Gasteiger partial charge on any atom is -0.312 e. The van der Waals surface area contributed by atoms with Gasteiger partial charge in [0.25, 0.3) is 0 Å². The molecule has 1 aliphatic rings. The summed E-state index contributed by atoms with van der Waals surface area (Å²) in [6, 6.07) is 8.57. The summed E-state index contributed by atoms with van der Waals surface area (Å²) in [5, 5.41) is 4.78. The second-order valence-corrected chi connectivity index (χ2v) is 7.75. The van der Waals surface area contributed by atoms with E-state index in [-0.39, 0.29) is 0 Å². The van der Waals surface area contributed by atoms with Crippen molar-refractivity contribution in [2.75, 3.05) is 6.54 Å². The minimum atomic E-state index is 0.735. The van der Waals surface area contributed by atoms with Crippen molar-refractivity contribution in [1.82, 2.24) is 10.3 Å². The lowest BCUT2D eigenvalue weighted by Crippen LogP contribution is -2.13. The first-order valence-electron chi connectivity index (χ1n) is 7.70. The predicted molar refractivity (Wildman–Crippen MR) is 93.0 cm³/mol. The molecule has 0 bridgehead atoms. The Hall–Kier alpha value is -0.710. The molecule has 1 fully saturated rings. The van der Waals surface area contributed by atoms with Gasteiger partial charge in [0.05, 0.1) is 10.7 Å². The average molecular weight is 365 g/mol. The molecule has 3 rings (SSSR count). The molecule has 0 saturated heterocycles. The van der Waals surface area contributed by atoms with E-state index in [1.165, 1.54) is 40.4 Å². The molecular weight excluding hydrogens is 344 g/mol. The lowest BCUT2D eigenvalue weighted by atomic mass is 10.2. The molecule has 4 heteroatoms. The number of nitrogens with one attached hydrogen (secondary N) is 1. The van der Waals surface area contributed by atoms with Gasteiger partial charge in [0.15, 0.2) is 0 Å². The van der Waals surface area contributed by atoms with Crippen LogP contribution in [0.5, 0.6) is 0 Å². The molecule has 2 nitrogen and oxygen atoms in total. The van der Waals surface area contributed by atoms with Crippen molar-refractivity contribution in [2.24, 2.45) is 0 Å². The summed E-state index contributed by atoms with van der Waals surface area (Å²) in [7, 11) is 0. The standard InChI is InChI=1S/C17H21BrN2S/c1-2-9-19-11-15-17(13-5-6-13)20-16(21-15)10-12-3-7-14(18)8-4-12/h3-4,7-8,13,19H,2,5-6,9-11H2,1H3. The highest BCUT2D eigenvalue weighted by Crippen LogP contribution is 2.42. The third kappa shape index (κ3) is 4.15. The maximum Gasteiger partial charge on any atom is 0.0975 e. The summed E-state index contributed by atoms with van der Waals surface area (Å²) in [4.78, 5) is 6.39. The van der Waals surface area contributed by atoms with E-state index in [1.54, 1.807) is 0 Å². The molecule has 1 aromatic heterocycles. The summed E-state index contributed by atoms with van der Waals surface area (Å²) in [6.45, 7) is 4.28. The van der Waals surface area contributed by atoms with Crippen LogP contribution >= 0.6 is 27.3 Å². The molecule has 0 atom stereocenters. The smallest absolute Gasteiger partial charge is 0.0975 e. The second kappa shape index (κ2) is 7.03. The van der Waals surface area contributed by atoms with Gasteiger partial charge in [-0.15, -0.1) is 11.3 Å². The Morgan fingerprint density at radius 2 is 2.05 bits per heavy atom. The van der Waals surface area contributed by atoms with Crippen LogP contribution in [0.3, 0.4) is 0 Å². The van der Waals surface area contributed by atoms with Gasteiger partial charge in [-0.05, 0) is 43.5 Å². The molecular formula is C17H21BrN2S. The number of hydrogen-bond donors (Lipinski definition) is 1. The van der Waals surface area contributed by atoms with E-state index >= 15 is 0 Å². The first-order chi connectivity index (χ1) is 10.3. The Morgan fingerprint density at radius 1 is 1.29 bits per heavy atom. The average Bonchev–Trinajstić information content (AvgIpc) is 3.25. The van der Waals surface area contributed by atoms with Crippen molar-refractivity contribution < 1.29 is 0 Å². The van der Waals surface area contributed by atoms with Gasteiger partial charge in [-0.25, -0.2) is 4.98 Å². The topological polar surface area (TPSA) is 24.9 Å². The summed E-state index contributed by atoms with van der Waals surface area (Å²) in [6.07, 6.45) is 4.78. The lowest BCUT2D eigenvalue weighted by Gasteiger charge is -2.01. The van der Waals surface area contributed by atoms with Gasteiger partial charge in [-0.2, -0.15) is 0 Å². The summed E-state index contributed by atoms with van der Waals surface area (Å²) < 4.78 is 1.13. The Morgan fingerprint density at radius 3 is 2.71 bits per heavy atom. The number of hydrogen-bond acceptors (Lipinski definition) is 3. The van der Waals surface area contributed by atoms with E-state index in [0.29, 0.717) is 0 Å². The maximum absolute atomic E-state index is 4.94. The van der Waals surface area contributed by atoms with E-state index in [2.05, 4.69) is 52.4 Å². The van der Waals surface area contributed by atoms with Crippen molar-refractivity contribution >= 4 is 27.3 Å². The van der Waals surface area contributed by atoms with E-state index in [9.17, 15) is 0 Å². The highest BCUT2D eigenvalue weighted by molar-refractivity contribution is 9.10. The minimum absolute atomic E-state index is 0.735. The highest BCUT2D eigenvalue weighted by atomic mass is 79.9. The number of benzene rings is 1. The van der Waals surface area contributed by atoms with E-state index in [1.807, 2.05) is 11.3 Å². The van der Waals surface area contributed by atoms with Gasteiger partial charge < -0.3 is 5.32 Å². The predicted octanol–water partition coefficient (Wildman–Crippen LogP) is 4.87. The lowest BCUT2D eigenvalue weighted by molar-refractivity contribution is 0.676. The molecule has 1 aromatic carbocycles. The number of nitrogens with zero attached hydrogens (tertiary/aromatic N) is 1. The van der Waals surface area contributed by atoms with Crippen LogP contribution in [-0.2, 0) is 13.0 Å². The van der Waals surface area contributed by atoms with Gasteiger partial charge in [0.1, 0.15) is 0 Å².